The first kappa shape index (κ1) is 13.1. The first-order chi connectivity index (χ1) is 8.17. The first-order valence-corrected chi connectivity index (χ1v) is 6.77. The van der Waals surface area contributed by atoms with E-state index in [4.69, 9.17) is 4.74 Å². The Morgan fingerprint density at radius 1 is 1.59 bits per heavy atom. The van der Waals surface area contributed by atoms with Crippen molar-refractivity contribution in [3.63, 3.8) is 0 Å². The summed E-state index contributed by atoms with van der Waals surface area (Å²) in [5, 5.41) is 13.1. The topological polar surface area (TPSA) is 41.5 Å². The molecule has 0 aromatic rings. The molecule has 1 fully saturated rings. The summed E-state index contributed by atoms with van der Waals surface area (Å²) in [7, 11) is 0. The van der Waals surface area contributed by atoms with Crippen molar-refractivity contribution in [1.82, 2.24) is 5.32 Å². The van der Waals surface area contributed by atoms with Gasteiger partial charge in [0.25, 0.3) is 0 Å². The van der Waals surface area contributed by atoms with Crippen LogP contribution in [0.25, 0.3) is 0 Å². The van der Waals surface area contributed by atoms with Crippen molar-refractivity contribution in [2.45, 2.75) is 38.6 Å². The Balaban J connectivity index is 1.92. The summed E-state index contributed by atoms with van der Waals surface area (Å²) in [6.45, 7) is 7.12. The number of aliphatic hydroxyl groups excluding tert-OH is 1. The van der Waals surface area contributed by atoms with Gasteiger partial charge in [0.05, 0.1) is 18.8 Å². The van der Waals surface area contributed by atoms with Crippen LogP contribution in [0.1, 0.15) is 33.1 Å². The molecule has 0 amide bonds. The average Bonchev–Trinajstić information content (AvgIpc) is 2.78. The number of ether oxygens (including phenoxy) is 1. The van der Waals surface area contributed by atoms with Gasteiger partial charge in [-0.15, -0.1) is 0 Å². The van der Waals surface area contributed by atoms with E-state index < -0.39 is 0 Å². The molecule has 2 rings (SSSR count). The molecule has 1 aliphatic carbocycles. The highest BCUT2D eigenvalue weighted by molar-refractivity contribution is 5.10. The Labute approximate surface area is 104 Å². The van der Waals surface area contributed by atoms with Gasteiger partial charge in [0.1, 0.15) is 0 Å². The van der Waals surface area contributed by atoms with Crippen molar-refractivity contribution >= 4 is 0 Å². The third kappa shape index (κ3) is 2.90. The van der Waals surface area contributed by atoms with E-state index in [9.17, 15) is 5.11 Å². The SMILES string of the molecule is CC1=CCC[C@H](C)[C@@H]1CN[C@]1(CO)CCOC1. The van der Waals surface area contributed by atoms with Crippen molar-refractivity contribution < 1.29 is 9.84 Å². The van der Waals surface area contributed by atoms with Crippen molar-refractivity contribution in [3.05, 3.63) is 11.6 Å². The largest absolute Gasteiger partial charge is 0.394 e. The molecule has 0 aromatic carbocycles. The molecule has 0 unspecified atom stereocenters. The second-order valence-corrected chi connectivity index (χ2v) is 5.73. The Bertz CT molecular complexity index is 282. The highest BCUT2D eigenvalue weighted by atomic mass is 16.5. The summed E-state index contributed by atoms with van der Waals surface area (Å²) in [6.07, 6.45) is 5.79. The van der Waals surface area contributed by atoms with E-state index in [-0.39, 0.29) is 12.1 Å². The normalized spacial score (nSPS) is 38.2. The first-order valence-electron chi connectivity index (χ1n) is 6.77. The number of aliphatic hydroxyl groups is 1. The minimum atomic E-state index is -0.183. The van der Waals surface area contributed by atoms with Gasteiger partial charge in [-0.25, -0.2) is 0 Å². The molecule has 98 valence electrons. The van der Waals surface area contributed by atoms with Crippen LogP contribution in [0.4, 0.5) is 0 Å². The van der Waals surface area contributed by atoms with Crippen LogP contribution in [0.5, 0.6) is 0 Å². The zero-order valence-corrected chi connectivity index (χ0v) is 11.0. The Morgan fingerprint density at radius 2 is 2.41 bits per heavy atom. The lowest BCUT2D eigenvalue weighted by atomic mass is 9.79. The van der Waals surface area contributed by atoms with Gasteiger partial charge < -0.3 is 15.2 Å². The van der Waals surface area contributed by atoms with Crippen molar-refractivity contribution in [3.8, 4) is 0 Å². The molecule has 0 spiro atoms. The molecule has 1 heterocycles. The fraction of sp³-hybridized carbons (Fsp3) is 0.857. The predicted octanol–water partition coefficient (Wildman–Crippen LogP) is 1.72. The fourth-order valence-electron chi connectivity index (χ4n) is 2.99. The highest BCUT2D eigenvalue weighted by Crippen LogP contribution is 2.30. The number of hydrogen-bond donors (Lipinski definition) is 2. The molecule has 0 saturated carbocycles. The van der Waals surface area contributed by atoms with Gasteiger partial charge in [0.15, 0.2) is 0 Å². The van der Waals surface area contributed by atoms with Crippen LogP contribution in [-0.2, 0) is 4.74 Å². The number of allylic oxidation sites excluding steroid dienone is 1. The predicted molar refractivity (Wildman–Crippen MR) is 68.9 cm³/mol. The summed E-state index contributed by atoms with van der Waals surface area (Å²) in [5.41, 5.74) is 1.32. The number of rotatable bonds is 4. The molecule has 0 aromatic heterocycles. The zero-order chi connectivity index (χ0) is 12.3. The van der Waals surface area contributed by atoms with Gasteiger partial charge in [0, 0.05) is 13.2 Å². The maximum Gasteiger partial charge on any atom is 0.0673 e. The van der Waals surface area contributed by atoms with Crippen LogP contribution < -0.4 is 5.32 Å². The Kier molecular flexibility index (Phi) is 4.23. The maximum atomic E-state index is 9.52. The van der Waals surface area contributed by atoms with Crippen molar-refractivity contribution in [1.29, 1.82) is 0 Å². The molecule has 1 aliphatic heterocycles. The Morgan fingerprint density at radius 3 is 3.00 bits per heavy atom. The summed E-state index contributed by atoms with van der Waals surface area (Å²) >= 11 is 0. The fourth-order valence-corrected chi connectivity index (χ4v) is 2.99. The van der Waals surface area contributed by atoms with Gasteiger partial charge in [-0.1, -0.05) is 18.6 Å². The van der Waals surface area contributed by atoms with Crippen LogP contribution in [-0.4, -0.2) is 37.0 Å². The Hall–Kier alpha value is -0.380. The molecule has 0 bridgehead atoms. The van der Waals surface area contributed by atoms with Gasteiger partial charge in [-0.2, -0.15) is 0 Å². The summed E-state index contributed by atoms with van der Waals surface area (Å²) in [6, 6.07) is 0. The van der Waals surface area contributed by atoms with E-state index in [1.807, 2.05) is 0 Å². The van der Waals surface area contributed by atoms with E-state index >= 15 is 0 Å². The molecule has 17 heavy (non-hydrogen) atoms. The van der Waals surface area contributed by atoms with Crippen LogP contribution in [0, 0.1) is 11.8 Å². The summed E-state index contributed by atoms with van der Waals surface area (Å²) in [4.78, 5) is 0. The molecular formula is C14H25NO2. The lowest BCUT2D eigenvalue weighted by molar-refractivity contribution is 0.116. The van der Waals surface area contributed by atoms with Gasteiger partial charge >= 0.3 is 0 Å². The second kappa shape index (κ2) is 5.51. The molecule has 1 saturated heterocycles. The summed E-state index contributed by atoms with van der Waals surface area (Å²) < 4.78 is 5.41. The third-order valence-electron chi connectivity index (χ3n) is 4.46. The minimum absolute atomic E-state index is 0.177. The van der Waals surface area contributed by atoms with E-state index in [1.54, 1.807) is 0 Å². The molecule has 3 nitrogen and oxygen atoms in total. The quantitative estimate of drug-likeness (QED) is 0.734. The third-order valence-corrected chi connectivity index (χ3v) is 4.46. The van der Waals surface area contributed by atoms with E-state index in [0.29, 0.717) is 12.5 Å². The van der Waals surface area contributed by atoms with E-state index in [1.165, 1.54) is 18.4 Å². The molecule has 2 aliphatic rings. The van der Waals surface area contributed by atoms with Gasteiger partial charge in [-0.3, -0.25) is 0 Å². The van der Waals surface area contributed by atoms with E-state index in [0.717, 1.165) is 25.5 Å². The molecule has 2 N–H and O–H groups in total. The lowest BCUT2D eigenvalue weighted by Gasteiger charge is -2.34. The van der Waals surface area contributed by atoms with E-state index in [2.05, 4.69) is 25.2 Å². The molecule has 3 atom stereocenters. The van der Waals surface area contributed by atoms with Crippen molar-refractivity contribution in [2.24, 2.45) is 11.8 Å². The smallest absolute Gasteiger partial charge is 0.0673 e. The van der Waals surface area contributed by atoms with Crippen molar-refractivity contribution in [2.75, 3.05) is 26.4 Å². The number of nitrogens with one attached hydrogen (secondary N) is 1. The average molecular weight is 239 g/mol. The van der Waals surface area contributed by atoms with Crippen LogP contribution in [0.2, 0.25) is 0 Å². The molecule has 0 radical (unpaired) electrons. The standard InChI is InChI=1S/C14H25NO2/c1-11-4-3-5-12(2)13(11)8-15-14(9-16)6-7-17-10-14/h4,12-13,15-16H,3,5-10H2,1-2H3/t12-,13+,14-/m0/s1. The lowest BCUT2D eigenvalue weighted by Crippen LogP contribution is -2.51. The second-order valence-electron chi connectivity index (χ2n) is 5.73. The summed E-state index contributed by atoms with van der Waals surface area (Å²) in [5.74, 6) is 1.36. The van der Waals surface area contributed by atoms with Crippen LogP contribution in [0.15, 0.2) is 11.6 Å². The van der Waals surface area contributed by atoms with Crippen LogP contribution in [0.3, 0.4) is 0 Å². The molecular weight excluding hydrogens is 214 g/mol. The monoisotopic (exact) mass is 239 g/mol. The minimum Gasteiger partial charge on any atom is -0.394 e. The van der Waals surface area contributed by atoms with Gasteiger partial charge in [0.2, 0.25) is 0 Å². The highest BCUT2D eigenvalue weighted by Gasteiger charge is 2.35. The maximum absolute atomic E-state index is 9.52. The van der Waals surface area contributed by atoms with Crippen LogP contribution >= 0.6 is 0 Å². The number of hydrogen-bond acceptors (Lipinski definition) is 3. The zero-order valence-electron chi connectivity index (χ0n) is 11.0. The van der Waals surface area contributed by atoms with Gasteiger partial charge in [-0.05, 0) is 38.0 Å². The molecule has 3 heteroatoms.